The molecular formula is C25H27ClO5. The first kappa shape index (κ1) is 21.7. The van der Waals surface area contributed by atoms with Crippen LogP contribution >= 0.6 is 11.6 Å². The predicted octanol–water partition coefficient (Wildman–Crippen LogP) is 5.87. The summed E-state index contributed by atoms with van der Waals surface area (Å²) in [6, 6.07) is 11.4. The van der Waals surface area contributed by atoms with E-state index in [1.54, 1.807) is 13.2 Å². The monoisotopic (exact) mass is 442 g/mol. The van der Waals surface area contributed by atoms with Gasteiger partial charge in [-0.2, -0.15) is 0 Å². The number of ether oxygens (including phenoxy) is 3. The highest BCUT2D eigenvalue weighted by molar-refractivity contribution is 6.34. The van der Waals surface area contributed by atoms with Gasteiger partial charge in [-0.05, 0) is 68.9 Å². The summed E-state index contributed by atoms with van der Waals surface area (Å²) < 4.78 is 16.9. The average Bonchev–Trinajstić information content (AvgIpc) is 3.00. The largest absolute Gasteiger partial charge is 0.507 e. The zero-order valence-corrected chi connectivity index (χ0v) is 18.8. The molecule has 2 aliphatic rings. The standard InChI is InChI=1S/C25H27ClO5/c1-4-30-21-8-6-5-7-17(21)19-13-15(2)18(14-20(19)26)22-23(27)25(31-24(22)28)11-9-16(29-3)10-12-25/h5-8,13-14,16,27H,4,9-12H2,1-3H3. The number of carbonyl (C=O) groups excluding carboxylic acids is 1. The fraction of sp³-hybridized carbons (Fsp3) is 0.400. The number of aliphatic hydroxyl groups excluding tert-OH is 1. The third-order valence-corrected chi connectivity index (χ3v) is 6.61. The van der Waals surface area contributed by atoms with Crippen LogP contribution in [-0.4, -0.2) is 36.5 Å². The van der Waals surface area contributed by atoms with E-state index in [2.05, 4.69) is 0 Å². The number of rotatable bonds is 5. The predicted molar refractivity (Wildman–Crippen MR) is 120 cm³/mol. The highest BCUT2D eigenvalue weighted by atomic mass is 35.5. The lowest BCUT2D eigenvalue weighted by atomic mass is 9.81. The highest BCUT2D eigenvalue weighted by Gasteiger charge is 2.50. The molecule has 1 aliphatic heterocycles. The number of para-hydroxylation sites is 1. The van der Waals surface area contributed by atoms with Crippen LogP contribution in [0.4, 0.5) is 0 Å². The van der Waals surface area contributed by atoms with Crippen molar-refractivity contribution in [2.24, 2.45) is 0 Å². The summed E-state index contributed by atoms with van der Waals surface area (Å²) in [6.45, 7) is 4.38. The molecule has 164 valence electrons. The van der Waals surface area contributed by atoms with Crippen LogP contribution in [0.15, 0.2) is 42.2 Å². The summed E-state index contributed by atoms with van der Waals surface area (Å²) in [4.78, 5) is 12.8. The van der Waals surface area contributed by atoms with E-state index in [1.807, 2.05) is 44.2 Å². The van der Waals surface area contributed by atoms with Crippen molar-refractivity contribution in [3.8, 4) is 16.9 Å². The molecule has 31 heavy (non-hydrogen) atoms. The van der Waals surface area contributed by atoms with Crippen LogP contribution < -0.4 is 4.74 Å². The lowest BCUT2D eigenvalue weighted by Gasteiger charge is -2.35. The van der Waals surface area contributed by atoms with Crippen LogP contribution in [0.1, 0.15) is 43.7 Å². The Labute approximate surface area is 187 Å². The van der Waals surface area contributed by atoms with E-state index in [1.165, 1.54) is 0 Å². The molecule has 6 heteroatoms. The van der Waals surface area contributed by atoms with Gasteiger partial charge >= 0.3 is 5.97 Å². The van der Waals surface area contributed by atoms with Crippen molar-refractivity contribution < 1.29 is 24.1 Å². The number of carbonyl (C=O) groups is 1. The Balaban J connectivity index is 1.75. The van der Waals surface area contributed by atoms with E-state index in [0.717, 1.165) is 35.3 Å². The molecule has 2 aromatic carbocycles. The number of halogens is 1. The third kappa shape index (κ3) is 3.81. The van der Waals surface area contributed by atoms with Gasteiger partial charge in [0.05, 0.1) is 12.7 Å². The fourth-order valence-electron chi connectivity index (χ4n) is 4.60. The number of methoxy groups -OCH3 is 1. The molecular weight excluding hydrogens is 416 g/mol. The van der Waals surface area contributed by atoms with Crippen molar-refractivity contribution in [1.82, 2.24) is 0 Å². The van der Waals surface area contributed by atoms with E-state index in [-0.39, 0.29) is 17.4 Å². The van der Waals surface area contributed by atoms with Crippen LogP contribution in [0, 0.1) is 6.92 Å². The molecule has 0 radical (unpaired) electrons. The second-order valence-corrected chi connectivity index (χ2v) is 8.53. The molecule has 2 aromatic rings. The molecule has 5 nitrogen and oxygen atoms in total. The first-order valence-electron chi connectivity index (χ1n) is 10.6. The van der Waals surface area contributed by atoms with Crippen LogP contribution in [-0.2, 0) is 14.3 Å². The van der Waals surface area contributed by atoms with Gasteiger partial charge in [-0.3, -0.25) is 0 Å². The Bertz CT molecular complexity index is 1030. The average molecular weight is 443 g/mol. The third-order valence-electron chi connectivity index (χ3n) is 6.29. The Kier molecular flexibility index (Phi) is 6.00. The summed E-state index contributed by atoms with van der Waals surface area (Å²) in [5.41, 5.74) is 2.36. The van der Waals surface area contributed by atoms with Crippen molar-refractivity contribution in [1.29, 1.82) is 0 Å². The molecule has 0 bridgehead atoms. The van der Waals surface area contributed by atoms with Gasteiger partial charge in [0.1, 0.15) is 11.3 Å². The van der Waals surface area contributed by atoms with Crippen LogP contribution in [0.2, 0.25) is 5.02 Å². The number of aliphatic hydroxyl groups is 1. The summed E-state index contributed by atoms with van der Waals surface area (Å²) >= 11 is 6.67. The van der Waals surface area contributed by atoms with Gasteiger partial charge in [0.25, 0.3) is 0 Å². The first-order chi connectivity index (χ1) is 14.9. The molecule has 1 spiro atoms. The van der Waals surface area contributed by atoms with Crippen molar-refractivity contribution in [2.45, 2.75) is 51.2 Å². The molecule has 0 amide bonds. The molecule has 0 saturated heterocycles. The first-order valence-corrected chi connectivity index (χ1v) is 11.0. The van der Waals surface area contributed by atoms with Crippen LogP contribution in [0.25, 0.3) is 16.7 Å². The Morgan fingerprint density at radius 2 is 1.87 bits per heavy atom. The molecule has 1 heterocycles. The maximum Gasteiger partial charge on any atom is 0.343 e. The molecule has 1 aliphatic carbocycles. The molecule has 1 N–H and O–H groups in total. The number of hydrogen-bond donors (Lipinski definition) is 1. The van der Waals surface area contributed by atoms with Crippen LogP contribution in [0.5, 0.6) is 5.75 Å². The van der Waals surface area contributed by atoms with E-state index < -0.39 is 11.6 Å². The molecule has 1 saturated carbocycles. The zero-order valence-electron chi connectivity index (χ0n) is 18.0. The molecule has 0 atom stereocenters. The summed E-state index contributed by atoms with van der Waals surface area (Å²) in [5, 5.41) is 11.6. The maximum atomic E-state index is 12.8. The van der Waals surface area contributed by atoms with Crippen molar-refractivity contribution in [2.75, 3.05) is 13.7 Å². The molecule has 4 rings (SSSR count). The SMILES string of the molecule is CCOc1ccccc1-c1cc(C)c(C2=C(O)C3(CCC(OC)CC3)OC2=O)cc1Cl. The lowest BCUT2D eigenvalue weighted by Crippen LogP contribution is -2.38. The number of benzene rings is 2. The Morgan fingerprint density at radius 1 is 1.16 bits per heavy atom. The normalized spacial score (nSPS) is 23.4. The number of hydrogen-bond acceptors (Lipinski definition) is 5. The maximum absolute atomic E-state index is 12.8. The number of esters is 1. The second kappa shape index (κ2) is 8.56. The minimum absolute atomic E-state index is 0.00804. The Hall–Kier alpha value is -2.50. The van der Waals surface area contributed by atoms with Crippen molar-refractivity contribution in [3.63, 3.8) is 0 Å². The summed E-state index contributed by atoms with van der Waals surface area (Å²) in [7, 11) is 1.68. The minimum Gasteiger partial charge on any atom is -0.507 e. The van der Waals surface area contributed by atoms with E-state index in [4.69, 9.17) is 25.8 Å². The van der Waals surface area contributed by atoms with Crippen molar-refractivity contribution in [3.05, 3.63) is 58.3 Å². The van der Waals surface area contributed by atoms with Crippen LogP contribution in [0.3, 0.4) is 0 Å². The van der Waals surface area contributed by atoms with E-state index in [0.29, 0.717) is 30.0 Å². The molecule has 1 fully saturated rings. The number of aryl methyl sites for hydroxylation is 1. The summed E-state index contributed by atoms with van der Waals surface area (Å²) in [6.07, 6.45) is 2.67. The van der Waals surface area contributed by atoms with Gasteiger partial charge in [-0.15, -0.1) is 0 Å². The fourth-order valence-corrected chi connectivity index (χ4v) is 4.86. The van der Waals surface area contributed by atoms with E-state index in [9.17, 15) is 9.90 Å². The summed E-state index contributed by atoms with van der Waals surface area (Å²) in [5.74, 6) is 0.249. The molecule has 0 unspecified atom stereocenters. The smallest absolute Gasteiger partial charge is 0.343 e. The zero-order chi connectivity index (χ0) is 22.2. The van der Waals surface area contributed by atoms with Crippen molar-refractivity contribution >= 4 is 23.1 Å². The Morgan fingerprint density at radius 3 is 2.55 bits per heavy atom. The molecule has 0 aromatic heterocycles. The topological polar surface area (TPSA) is 65.0 Å². The van der Waals surface area contributed by atoms with Gasteiger partial charge in [0.2, 0.25) is 0 Å². The van der Waals surface area contributed by atoms with Gasteiger partial charge in [-0.25, -0.2) is 4.79 Å². The van der Waals surface area contributed by atoms with Gasteiger partial charge in [-0.1, -0.05) is 29.8 Å². The van der Waals surface area contributed by atoms with E-state index >= 15 is 0 Å². The second-order valence-electron chi connectivity index (χ2n) is 8.12. The quantitative estimate of drug-likeness (QED) is 0.587. The lowest BCUT2D eigenvalue weighted by molar-refractivity contribution is -0.151. The van der Waals surface area contributed by atoms with Gasteiger partial charge in [0.15, 0.2) is 11.4 Å². The highest BCUT2D eigenvalue weighted by Crippen LogP contribution is 2.47. The van der Waals surface area contributed by atoms with Gasteiger partial charge < -0.3 is 19.3 Å². The minimum atomic E-state index is -0.958. The van der Waals surface area contributed by atoms with Gasteiger partial charge in [0, 0.05) is 23.3 Å².